The van der Waals surface area contributed by atoms with Gasteiger partial charge in [0.1, 0.15) is 43.6 Å². The molecule has 0 aromatic heterocycles. The van der Waals surface area contributed by atoms with Crippen molar-refractivity contribution in [2.45, 2.75) is 110 Å². The quantitative estimate of drug-likeness (QED) is 0.161. The molecule has 0 saturated carbocycles. The van der Waals surface area contributed by atoms with Gasteiger partial charge in [0, 0.05) is 48.5 Å². The summed E-state index contributed by atoms with van der Waals surface area (Å²) >= 11 is 0. The second-order valence-electron chi connectivity index (χ2n) is 9.99. The molecule has 44 heavy (non-hydrogen) atoms. The molecular weight excluding hydrogens is 596 g/mol. The lowest BCUT2D eigenvalue weighted by atomic mass is 9.94. The Morgan fingerprint density at radius 1 is 0.568 bits per heavy atom. The van der Waals surface area contributed by atoms with E-state index in [-0.39, 0.29) is 0 Å². The molecule has 2 aliphatic rings. The Hall–Kier alpha value is -3.87. The van der Waals surface area contributed by atoms with Crippen molar-refractivity contribution in [3.8, 4) is 0 Å². The first-order valence-electron chi connectivity index (χ1n) is 13.5. The Morgan fingerprint density at radius 2 is 0.977 bits per heavy atom. The fourth-order valence-corrected chi connectivity index (χ4v) is 4.70. The second kappa shape index (κ2) is 16.3. The average molecular weight is 635 g/mol. The van der Waals surface area contributed by atoms with Crippen LogP contribution in [-0.4, -0.2) is 121 Å². The van der Waals surface area contributed by atoms with Gasteiger partial charge >= 0.3 is 29.8 Å². The Balaban J connectivity index is 2.66. The minimum absolute atomic E-state index is 0.531. The molecule has 0 aliphatic carbocycles. The first-order valence-corrected chi connectivity index (χ1v) is 13.5. The summed E-state index contributed by atoms with van der Waals surface area (Å²) in [6.45, 7) is 6.58. The second-order valence-corrected chi connectivity index (χ2v) is 9.99. The highest BCUT2D eigenvalue weighted by atomic mass is 16.7. The number of amides is 2. The number of hydrogen-bond donors (Lipinski definition) is 3. The van der Waals surface area contributed by atoms with Gasteiger partial charge in [-0.05, 0) is 0 Å². The van der Waals surface area contributed by atoms with Crippen molar-refractivity contribution in [3.05, 3.63) is 0 Å². The van der Waals surface area contributed by atoms with Crippen LogP contribution in [0.2, 0.25) is 0 Å². The number of aliphatic hydroxyl groups is 1. The summed E-state index contributed by atoms with van der Waals surface area (Å²) < 4.78 is 44.2. The number of carbonyl (C=O) groups is 7. The van der Waals surface area contributed by atoms with Crippen LogP contribution >= 0.6 is 0 Å². The molecule has 2 aliphatic heterocycles. The van der Waals surface area contributed by atoms with Crippen molar-refractivity contribution in [1.82, 2.24) is 10.6 Å². The maximum atomic E-state index is 12.3. The zero-order valence-corrected chi connectivity index (χ0v) is 25.3. The largest absolute Gasteiger partial charge is 0.463 e. The van der Waals surface area contributed by atoms with Crippen molar-refractivity contribution in [3.63, 3.8) is 0 Å². The molecule has 0 bridgehead atoms. The third-order valence-electron chi connectivity index (χ3n) is 6.15. The van der Waals surface area contributed by atoms with Crippen molar-refractivity contribution in [2.75, 3.05) is 13.2 Å². The first-order chi connectivity index (χ1) is 20.5. The molecular formula is C26H38N2O16. The fourth-order valence-electron chi connectivity index (χ4n) is 4.70. The minimum Gasteiger partial charge on any atom is -0.463 e. The summed E-state index contributed by atoms with van der Waals surface area (Å²) in [4.78, 5) is 83.8. The molecule has 2 saturated heterocycles. The van der Waals surface area contributed by atoms with Crippen LogP contribution in [0.5, 0.6) is 0 Å². The van der Waals surface area contributed by atoms with E-state index in [1.165, 1.54) is 0 Å². The fraction of sp³-hybridized carbons (Fsp3) is 0.731. The summed E-state index contributed by atoms with van der Waals surface area (Å²) in [5, 5.41) is 15.6. The Kier molecular flexibility index (Phi) is 13.4. The minimum atomic E-state index is -1.78. The van der Waals surface area contributed by atoms with E-state index in [0.29, 0.717) is 0 Å². The molecule has 0 spiro atoms. The predicted molar refractivity (Wildman–Crippen MR) is 140 cm³/mol. The molecule has 2 rings (SSSR count). The van der Waals surface area contributed by atoms with E-state index in [4.69, 9.17) is 37.9 Å². The topological polar surface area (TPSA) is 238 Å². The molecule has 0 aromatic carbocycles. The molecule has 18 nitrogen and oxygen atoms in total. The standard InChI is InChI=1S/C26H38N2O16/c1-10(29)27-19-23(40-15(6)34)22(17(42-25(19)36)8-37-12(3)31)44-26-20(28-11(2)30)24(41-16(7)35)21(39-14(5)33)18(43-26)9-38-13(4)32/h17-26,36H,8-9H2,1-7H3,(H,27,29)(H,28,30)/t17-,18-,19+,20-,21-,22-,23+,24-,25?,26+/m1/s1. The van der Waals surface area contributed by atoms with Gasteiger partial charge in [0.15, 0.2) is 30.9 Å². The van der Waals surface area contributed by atoms with Gasteiger partial charge in [0.05, 0.1) is 0 Å². The zero-order chi connectivity index (χ0) is 33.3. The van der Waals surface area contributed by atoms with E-state index in [2.05, 4.69) is 10.6 Å². The molecule has 1 unspecified atom stereocenters. The Morgan fingerprint density at radius 3 is 1.41 bits per heavy atom. The lowest BCUT2D eigenvalue weighted by molar-refractivity contribution is -0.330. The summed E-state index contributed by atoms with van der Waals surface area (Å²) in [5.41, 5.74) is 0. The summed E-state index contributed by atoms with van der Waals surface area (Å²) in [6.07, 6.45) is -12.1. The van der Waals surface area contributed by atoms with Crippen molar-refractivity contribution < 1.29 is 76.6 Å². The maximum absolute atomic E-state index is 12.3. The van der Waals surface area contributed by atoms with Gasteiger partial charge in [0.2, 0.25) is 11.8 Å². The molecule has 0 radical (unpaired) electrons. The van der Waals surface area contributed by atoms with Gasteiger partial charge in [-0.25, -0.2) is 0 Å². The van der Waals surface area contributed by atoms with Gasteiger partial charge in [-0.15, -0.1) is 0 Å². The molecule has 0 aromatic rings. The number of hydrogen-bond acceptors (Lipinski definition) is 16. The summed E-state index contributed by atoms with van der Waals surface area (Å²) in [6, 6.07) is -2.83. The zero-order valence-electron chi connectivity index (χ0n) is 25.3. The highest BCUT2D eigenvalue weighted by Crippen LogP contribution is 2.33. The van der Waals surface area contributed by atoms with Gasteiger partial charge in [-0.2, -0.15) is 0 Å². The van der Waals surface area contributed by atoms with E-state index < -0.39 is 116 Å². The number of nitrogens with one attached hydrogen (secondary N) is 2. The van der Waals surface area contributed by atoms with Crippen LogP contribution in [0.15, 0.2) is 0 Å². The molecule has 2 heterocycles. The normalized spacial score (nSPS) is 31.5. The van der Waals surface area contributed by atoms with Gasteiger partial charge < -0.3 is 53.6 Å². The summed E-state index contributed by atoms with van der Waals surface area (Å²) in [5.74, 6) is -5.31. The molecule has 2 amide bonds. The van der Waals surface area contributed by atoms with E-state index in [0.717, 1.165) is 48.5 Å². The van der Waals surface area contributed by atoms with E-state index >= 15 is 0 Å². The van der Waals surface area contributed by atoms with Crippen LogP contribution in [0.1, 0.15) is 48.5 Å². The van der Waals surface area contributed by atoms with Crippen LogP contribution in [0, 0.1) is 0 Å². The number of ether oxygens (including phenoxy) is 8. The highest BCUT2D eigenvalue weighted by molar-refractivity contribution is 5.74. The number of esters is 5. The monoisotopic (exact) mass is 634 g/mol. The Bertz CT molecular complexity index is 1100. The smallest absolute Gasteiger partial charge is 0.303 e. The number of carbonyl (C=O) groups excluding carboxylic acids is 7. The van der Waals surface area contributed by atoms with Crippen LogP contribution in [-0.2, 0) is 71.5 Å². The maximum Gasteiger partial charge on any atom is 0.303 e. The average Bonchev–Trinajstić information content (AvgIpc) is 2.87. The lowest BCUT2D eigenvalue weighted by Crippen LogP contribution is -2.70. The van der Waals surface area contributed by atoms with E-state index in [1.54, 1.807) is 0 Å². The third kappa shape index (κ3) is 10.7. The van der Waals surface area contributed by atoms with Crippen molar-refractivity contribution in [1.29, 1.82) is 0 Å². The van der Waals surface area contributed by atoms with Crippen LogP contribution in [0.4, 0.5) is 0 Å². The summed E-state index contributed by atoms with van der Waals surface area (Å²) in [7, 11) is 0. The van der Waals surface area contributed by atoms with Gasteiger partial charge in [0.25, 0.3) is 0 Å². The van der Waals surface area contributed by atoms with Crippen LogP contribution < -0.4 is 10.6 Å². The third-order valence-corrected chi connectivity index (χ3v) is 6.15. The van der Waals surface area contributed by atoms with Crippen molar-refractivity contribution in [2.24, 2.45) is 0 Å². The molecule has 10 atom stereocenters. The Labute approximate surface area is 252 Å². The van der Waals surface area contributed by atoms with Crippen LogP contribution in [0.25, 0.3) is 0 Å². The SMILES string of the molecule is CC(=O)N[C@H]1[C@H](O[C@H]2[C@@H](OC(C)=O)[C@H](NC(C)=O)C(O)O[C@@H]2COC(C)=O)O[C@H](COC(C)=O)[C@@H](OC(C)=O)[C@@H]1OC(C)=O. The first kappa shape index (κ1) is 36.3. The molecule has 2 fully saturated rings. The molecule has 18 heteroatoms. The lowest BCUT2D eigenvalue weighted by Gasteiger charge is -2.49. The van der Waals surface area contributed by atoms with Gasteiger partial charge in [-0.1, -0.05) is 0 Å². The number of rotatable bonds is 11. The van der Waals surface area contributed by atoms with Crippen LogP contribution in [0.3, 0.4) is 0 Å². The number of aliphatic hydroxyl groups excluding tert-OH is 1. The predicted octanol–water partition coefficient (Wildman–Crippen LogP) is -2.26. The van der Waals surface area contributed by atoms with E-state index in [9.17, 15) is 38.7 Å². The molecule has 248 valence electrons. The van der Waals surface area contributed by atoms with E-state index in [1.807, 2.05) is 0 Å². The molecule has 3 N–H and O–H groups in total. The van der Waals surface area contributed by atoms with Crippen molar-refractivity contribution >= 4 is 41.7 Å². The van der Waals surface area contributed by atoms with Gasteiger partial charge in [-0.3, -0.25) is 33.6 Å². The highest BCUT2D eigenvalue weighted by Gasteiger charge is 2.55.